The molecule has 6 nitrogen and oxygen atoms in total. The fourth-order valence-corrected chi connectivity index (χ4v) is 4.84. The van der Waals surface area contributed by atoms with E-state index >= 15 is 0 Å². The average Bonchev–Trinajstić information content (AvgIpc) is 3.57. The van der Waals surface area contributed by atoms with Crippen molar-refractivity contribution >= 4 is 5.82 Å². The number of pyridine rings is 2. The van der Waals surface area contributed by atoms with Gasteiger partial charge in [-0.15, -0.1) is 0 Å². The number of hydrogen-bond acceptors (Lipinski definition) is 6. The molecule has 1 saturated heterocycles. The standard InChI is InChI=1S/C15H21N3O.C9H11N.C2H7N/c1-11-8-13-12(9-17-11)2-5-16-14(13)18-6-7-19-15(10-18)3-4-15;1-2-6-9-8(4-1)5-3-7-10-9;1-3-2/h2,5,11,17H,3-4,6-10H2,1H3;3,5,7H,1-2,4,6H2;3H,1-2H3. The molecule has 4 aliphatic rings. The van der Waals surface area contributed by atoms with Crippen molar-refractivity contribution in [3.63, 3.8) is 0 Å². The minimum Gasteiger partial charge on any atom is -0.371 e. The number of aromatic nitrogens is 2. The van der Waals surface area contributed by atoms with Gasteiger partial charge in [0, 0.05) is 49.3 Å². The SMILES string of the molecule is CC1Cc2c(ccnc2N2CCOC3(CC3)C2)CN1.CNC.c1cnc2c(c1)CCCC2. The van der Waals surface area contributed by atoms with Crippen LogP contribution in [-0.4, -0.2) is 55.4 Å². The van der Waals surface area contributed by atoms with Gasteiger partial charge in [0.15, 0.2) is 0 Å². The zero-order valence-electron chi connectivity index (χ0n) is 20.0. The van der Waals surface area contributed by atoms with Crippen molar-refractivity contribution in [3.05, 3.63) is 53.0 Å². The van der Waals surface area contributed by atoms with Gasteiger partial charge in [0.05, 0.1) is 12.2 Å². The summed E-state index contributed by atoms with van der Waals surface area (Å²) in [6, 6.07) is 6.93. The maximum Gasteiger partial charge on any atom is 0.132 e. The first kappa shape index (κ1) is 23.1. The van der Waals surface area contributed by atoms with Crippen LogP contribution >= 0.6 is 0 Å². The summed E-state index contributed by atoms with van der Waals surface area (Å²) >= 11 is 0. The maximum atomic E-state index is 5.91. The molecule has 4 heterocycles. The van der Waals surface area contributed by atoms with Crippen LogP contribution in [0.25, 0.3) is 0 Å². The number of morpholine rings is 1. The smallest absolute Gasteiger partial charge is 0.132 e. The largest absolute Gasteiger partial charge is 0.371 e. The molecule has 0 aromatic carbocycles. The van der Waals surface area contributed by atoms with E-state index in [-0.39, 0.29) is 5.60 Å². The van der Waals surface area contributed by atoms with Gasteiger partial charge < -0.3 is 20.3 Å². The molecule has 2 aromatic heterocycles. The Morgan fingerprint density at radius 2 is 1.91 bits per heavy atom. The van der Waals surface area contributed by atoms with E-state index in [9.17, 15) is 0 Å². The number of hydrogen-bond donors (Lipinski definition) is 2. The van der Waals surface area contributed by atoms with Crippen LogP contribution in [0.15, 0.2) is 30.6 Å². The van der Waals surface area contributed by atoms with E-state index < -0.39 is 0 Å². The Balaban J connectivity index is 0.000000158. The second-order valence-corrected chi connectivity index (χ2v) is 9.53. The number of rotatable bonds is 1. The van der Waals surface area contributed by atoms with Crippen LogP contribution in [0.2, 0.25) is 0 Å². The summed E-state index contributed by atoms with van der Waals surface area (Å²) in [5, 5.41) is 6.28. The first-order valence-corrected chi connectivity index (χ1v) is 12.2. The lowest BCUT2D eigenvalue weighted by Crippen LogP contribution is -2.45. The number of anilines is 1. The van der Waals surface area contributed by atoms with E-state index in [4.69, 9.17) is 4.74 Å². The first-order valence-electron chi connectivity index (χ1n) is 12.2. The summed E-state index contributed by atoms with van der Waals surface area (Å²) in [7, 11) is 3.75. The van der Waals surface area contributed by atoms with Crippen LogP contribution in [0.1, 0.15) is 55.0 Å². The topological polar surface area (TPSA) is 62.3 Å². The molecular weight excluding hydrogens is 398 g/mol. The van der Waals surface area contributed by atoms with Gasteiger partial charge in [-0.1, -0.05) is 6.07 Å². The quantitative estimate of drug-likeness (QED) is 0.714. The molecular formula is C26H39N5O. The zero-order chi connectivity index (χ0) is 22.4. The average molecular weight is 438 g/mol. The summed E-state index contributed by atoms with van der Waals surface area (Å²) in [5.41, 5.74) is 5.83. The van der Waals surface area contributed by atoms with Crippen LogP contribution < -0.4 is 15.5 Å². The predicted octanol–water partition coefficient (Wildman–Crippen LogP) is 3.28. The highest BCUT2D eigenvalue weighted by Crippen LogP contribution is 2.43. The molecule has 1 saturated carbocycles. The Hall–Kier alpha value is -2.02. The molecule has 0 amide bonds. The van der Waals surface area contributed by atoms with E-state index in [1.807, 2.05) is 32.6 Å². The van der Waals surface area contributed by atoms with Gasteiger partial charge in [-0.2, -0.15) is 0 Å². The van der Waals surface area contributed by atoms with E-state index in [0.717, 1.165) is 32.7 Å². The second kappa shape index (κ2) is 10.7. The van der Waals surface area contributed by atoms with Crippen LogP contribution in [0, 0.1) is 0 Å². The molecule has 32 heavy (non-hydrogen) atoms. The van der Waals surface area contributed by atoms with Crippen molar-refractivity contribution in [1.29, 1.82) is 0 Å². The summed E-state index contributed by atoms with van der Waals surface area (Å²) in [6.07, 6.45) is 12.5. The lowest BCUT2D eigenvalue weighted by atomic mass is 9.96. The van der Waals surface area contributed by atoms with Gasteiger partial charge in [0.2, 0.25) is 0 Å². The van der Waals surface area contributed by atoms with Gasteiger partial charge in [0.1, 0.15) is 5.82 Å². The van der Waals surface area contributed by atoms with Gasteiger partial charge in [-0.3, -0.25) is 4.98 Å². The lowest BCUT2D eigenvalue weighted by molar-refractivity contribution is 0.0203. The molecule has 0 bridgehead atoms. The summed E-state index contributed by atoms with van der Waals surface area (Å²) in [5.74, 6) is 1.21. The van der Waals surface area contributed by atoms with Crippen molar-refractivity contribution < 1.29 is 4.74 Å². The van der Waals surface area contributed by atoms with Crippen molar-refractivity contribution in [2.24, 2.45) is 0 Å². The minimum atomic E-state index is 0.168. The Kier molecular flexibility index (Phi) is 7.76. The Bertz CT molecular complexity index is 857. The molecule has 2 aromatic rings. The monoisotopic (exact) mass is 437 g/mol. The number of nitrogens with zero attached hydrogens (tertiary/aromatic N) is 3. The molecule has 0 radical (unpaired) electrons. The molecule has 6 rings (SSSR count). The fourth-order valence-electron chi connectivity index (χ4n) is 4.84. The van der Waals surface area contributed by atoms with Crippen molar-refractivity contribution in [3.8, 4) is 0 Å². The minimum absolute atomic E-state index is 0.168. The normalized spacial score (nSPS) is 22.5. The maximum absolute atomic E-state index is 5.91. The first-order chi connectivity index (χ1) is 15.6. The summed E-state index contributed by atoms with van der Waals surface area (Å²) in [4.78, 5) is 11.5. The van der Waals surface area contributed by atoms with Crippen LogP contribution in [0.4, 0.5) is 5.82 Å². The Labute approximate surface area is 193 Å². The van der Waals surface area contributed by atoms with Gasteiger partial charge >= 0.3 is 0 Å². The molecule has 1 spiro atoms. The van der Waals surface area contributed by atoms with Gasteiger partial charge in [-0.05, 0) is 89.2 Å². The van der Waals surface area contributed by atoms with E-state index in [1.165, 1.54) is 66.7 Å². The van der Waals surface area contributed by atoms with Crippen molar-refractivity contribution in [1.82, 2.24) is 20.6 Å². The van der Waals surface area contributed by atoms with E-state index in [1.54, 1.807) is 0 Å². The third kappa shape index (κ3) is 5.66. The molecule has 1 unspecified atom stereocenters. The third-order valence-corrected chi connectivity index (χ3v) is 6.73. The van der Waals surface area contributed by atoms with Gasteiger partial charge in [-0.25, -0.2) is 4.98 Å². The van der Waals surface area contributed by atoms with E-state index in [2.05, 4.69) is 44.6 Å². The molecule has 6 heteroatoms. The fraction of sp³-hybridized carbons (Fsp3) is 0.615. The second-order valence-electron chi connectivity index (χ2n) is 9.53. The molecule has 174 valence electrons. The third-order valence-electron chi connectivity index (χ3n) is 6.73. The van der Waals surface area contributed by atoms with Crippen LogP contribution in [0.5, 0.6) is 0 Å². The van der Waals surface area contributed by atoms with Crippen molar-refractivity contribution in [2.45, 2.75) is 70.1 Å². The molecule has 2 fully saturated rings. The highest BCUT2D eigenvalue weighted by Gasteiger charge is 2.48. The number of fused-ring (bicyclic) bond motifs is 2. The van der Waals surface area contributed by atoms with E-state index in [0.29, 0.717) is 6.04 Å². The zero-order valence-corrected chi connectivity index (χ0v) is 20.0. The lowest BCUT2D eigenvalue weighted by Gasteiger charge is -2.36. The number of ether oxygens (including phenoxy) is 1. The number of aryl methyl sites for hydroxylation is 2. The molecule has 2 N–H and O–H groups in total. The molecule has 1 atom stereocenters. The Morgan fingerprint density at radius 1 is 1.09 bits per heavy atom. The van der Waals surface area contributed by atoms with Crippen LogP contribution in [0.3, 0.4) is 0 Å². The molecule has 2 aliphatic heterocycles. The van der Waals surface area contributed by atoms with Crippen molar-refractivity contribution in [2.75, 3.05) is 38.7 Å². The van der Waals surface area contributed by atoms with Crippen LogP contribution in [-0.2, 0) is 30.5 Å². The number of nitrogens with one attached hydrogen (secondary N) is 2. The van der Waals surface area contributed by atoms with Gasteiger partial charge in [0.25, 0.3) is 0 Å². The highest BCUT2D eigenvalue weighted by molar-refractivity contribution is 5.53. The highest BCUT2D eigenvalue weighted by atomic mass is 16.5. The Morgan fingerprint density at radius 3 is 2.69 bits per heavy atom. The summed E-state index contributed by atoms with van der Waals surface area (Å²) in [6.45, 7) is 6.08. The summed E-state index contributed by atoms with van der Waals surface area (Å²) < 4.78 is 5.91. The predicted molar refractivity (Wildman–Crippen MR) is 130 cm³/mol. The molecule has 2 aliphatic carbocycles.